The average molecular weight is 590 g/mol. The van der Waals surface area contributed by atoms with Crippen molar-refractivity contribution in [3.8, 4) is 0 Å². The largest absolute Gasteiger partial charge is 0 e. The van der Waals surface area contributed by atoms with E-state index in [1.165, 1.54) is 35.3 Å². The third-order valence-corrected chi connectivity index (χ3v) is 11.6. The van der Waals surface area contributed by atoms with E-state index in [2.05, 4.69) is 124 Å². The molecule has 0 aliphatic heterocycles. The Balaban J connectivity index is 0. The van der Waals surface area contributed by atoms with E-state index in [4.69, 9.17) is 14.0 Å². The predicted octanol–water partition coefficient (Wildman–Crippen LogP) is 5.55. The zero-order valence-corrected chi connectivity index (χ0v) is 24.2. The van der Waals surface area contributed by atoms with Crippen molar-refractivity contribution in [2.45, 2.75) is 0 Å². The molecule has 3 aromatic carbocycles. The first kappa shape index (κ1) is 35.0. The van der Waals surface area contributed by atoms with Crippen LogP contribution >= 0.6 is 23.8 Å². The number of rotatable bonds is 9. The summed E-state index contributed by atoms with van der Waals surface area (Å²) < 4.78 is 22.5. The Kier molecular flexibility index (Phi) is 24.3. The third-order valence-electron chi connectivity index (χ3n) is 4.67. The summed E-state index contributed by atoms with van der Waals surface area (Å²) >= 11 is 0. The topological polar surface area (TPSA) is 59.7 Å². The minimum atomic E-state index is -0.278. The van der Waals surface area contributed by atoms with Gasteiger partial charge in [0.1, 0.15) is 0 Å². The second-order valence-corrected chi connectivity index (χ2v) is 14.4. The molecule has 7 heteroatoms. The second kappa shape index (κ2) is 23.6. The molecule has 3 aromatic rings. The van der Waals surface area contributed by atoms with E-state index in [-0.39, 0.29) is 44.8 Å². The molecule has 1 unspecified atom stereocenters. The molecule has 0 aromatic heterocycles. The Bertz CT molecular complexity index is 864. The van der Waals surface area contributed by atoms with Gasteiger partial charge in [0, 0.05) is 21.1 Å². The second-order valence-electron chi connectivity index (χ2n) is 6.95. The van der Waals surface area contributed by atoms with Gasteiger partial charge in [0.2, 0.25) is 0 Å². The van der Waals surface area contributed by atoms with Crippen molar-refractivity contribution in [2.24, 2.45) is 0 Å². The van der Waals surface area contributed by atoms with E-state index in [9.17, 15) is 0 Å². The molecular formula is C27H29MoO3P3. The van der Waals surface area contributed by atoms with Crippen molar-refractivity contribution in [3.05, 3.63) is 111 Å². The van der Waals surface area contributed by atoms with Gasteiger partial charge in [0.25, 0.3) is 0 Å². The van der Waals surface area contributed by atoms with Crippen LogP contribution in [0.1, 0.15) is 0 Å². The van der Waals surface area contributed by atoms with Crippen LogP contribution in [0.25, 0.3) is 0 Å². The maximum absolute atomic E-state index is 7.50. The van der Waals surface area contributed by atoms with Gasteiger partial charge in [-0.05, 0) is 61.8 Å². The maximum atomic E-state index is 7.50. The minimum absolute atomic E-state index is 0. The van der Waals surface area contributed by atoms with Gasteiger partial charge in [-0.2, -0.15) is 0 Å². The molecule has 0 spiro atoms. The molecule has 0 aliphatic rings. The molecule has 0 saturated carbocycles. The first-order valence-corrected chi connectivity index (χ1v) is 15.8. The first-order chi connectivity index (χ1) is 16.2. The van der Waals surface area contributed by atoms with Gasteiger partial charge in [0.05, 0.1) is 0 Å². The number of hydrogen-bond donors (Lipinski definition) is 0. The molecule has 0 saturated heterocycles. The maximum Gasteiger partial charge on any atom is 0 e. The monoisotopic (exact) mass is 592 g/mol. The fourth-order valence-corrected chi connectivity index (χ4v) is 10.7. The van der Waals surface area contributed by atoms with Gasteiger partial charge in [-0.1, -0.05) is 98.9 Å². The van der Waals surface area contributed by atoms with Crippen molar-refractivity contribution in [1.82, 2.24) is 0 Å². The molecular weight excluding hydrogens is 561 g/mol. The van der Waals surface area contributed by atoms with E-state index in [0.29, 0.717) is 0 Å². The summed E-state index contributed by atoms with van der Waals surface area (Å²) in [6, 6.07) is 33.6. The quantitative estimate of drug-likeness (QED) is 0.136. The predicted molar refractivity (Wildman–Crippen MR) is 142 cm³/mol. The van der Waals surface area contributed by atoms with Crippen LogP contribution < -0.4 is 15.9 Å². The van der Waals surface area contributed by atoms with Crippen LogP contribution in [-0.4, -0.2) is 38.0 Å². The standard InChI is InChI=1S/C24H29P3.3CO.Mo/c1-25(2)18-19-26(22-12-6-3-7-13-22)20-21-27(23-14-8-4-9-15-23)24-16-10-5-11-17-24;3*1-2;/h3-17H,18-21H2,1-2H3;;;;. The Labute approximate surface area is 222 Å². The first-order valence-electron chi connectivity index (χ1n) is 10.2. The van der Waals surface area contributed by atoms with Crippen molar-refractivity contribution in [2.75, 3.05) is 38.0 Å². The molecule has 0 bridgehead atoms. The summed E-state index contributed by atoms with van der Waals surface area (Å²) in [5.41, 5.74) is 0. The Morgan fingerprint density at radius 3 is 1.18 bits per heavy atom. The van der Waals surface area contributed by atoms with E-state index < -0.39 is 0 Å². The van der Waals surface area contributed by atoms with Crippen LogP contribution in [0.15, 0.2) is 91.0 Å². The average Bonchev–Trinajstić information content (AvgIpc) is 2.91. The van der Waals surface area contributed by atoms with Gasteiger partial charge in [-0.25, -0.2) is 0 Å². The molecule has 3 nitrogen and oxygen atoms in total. The molecule has 34 heavy (non-hydrogen) atoms. The number of hydrogen-bond acceptors (Lipinski definition) is 0. The van der Waals surface area contributed by atoms with Crippen molar-refractivity contribution in [1.29, 1.82) is 0 Å². The van der Waals surface area contributed by atoms with Crippen molar-refractivity contribution >= 4 is 39.7 Å². The fourth-order valence-electron chi connectivity index (χ4n) is 3.17. The van der Waals surface area contributed by atoms with Crippen LogP contribution in [0.2, 0.25) is 0 Å². The summed E-state index contributed by atoms with van der Waals surface area (Å²) in [5.74, 6) is 0. The molecule has 0 heterocycles. The molecule has 176 valence electrons. The Morgan fingerprint density at radius 1 is 0.500 bits per heavy atom. The summed E-state index contributed by atoms with van der Waals surface area (Å²) in [4.78, 5) is 0. The summed E-state index contributed by atoms with van der Waals surface area (Å²) in [7, 11) is -0.163. The van der Waals surface area contributed by atoms with Gasteiger partial charge in [-0.15, -0.1) is 7.92 Å². The summed E-state index contributed by atoms with van der Waals surface area (Å²) in [6.45, 7) is 18.3. The summed E-state index contributed by atoms with van der Waals surface area (Å²) in [6.07, 6.45) is 5.39. The van der Waals surface area contributed by atoms with E-state index >= 15 is 0 Å². The SMILES string of the molecule is CP(C)CCP(CCP(c1ccccc1)c1ccccc1)c1ccccc1.[C-]#[O+].[C-]#[O+].[C-]#[O+].[Mo]. The van der Waals surface area contributed by atoms with Crippen LogP contribution in [0.3, 0.4) is 0 Å². The van der Waals surface area contributed by atoms with E-state index in [0.717, 1.165) is 0 Å². The van der Waals surface area contributed by atoms with Crippen LogP contribution in [0.5, 0.6) is 0 Å². The smallest absolute Gasteiger partial charge is 0 e. The minimum Gasteiger partial charge on any atom is 0 e. The van der Waals surface area contributed by atoms with E-state index in [1.807, 2.05) is 0 Å². The van der Waals surface area contributed by atoms with Gasteiger partial charge >= 0.3 is 33.9 Å². The zero-order chi connectivity index (χ0) is 24.9. The van der Waals surface area contributed by atoms with Gasteiger partial charge < -0.3 is 0 Å². The Hall–Kier alpha value is -1.14. The van der Waals surface area contributed by atoms with Crippen LogP contribution in [-0.2, 0) is 35.0 Å². The molecule has 0 fully saturated rings. The molecule has 0 amide bonds. The van der Waals surface area contributed by atoms with Crippen molar-refractivity contribution < 1.29 is 35.0 Å². The third kappa shape index (κ3) is 13.7. The van der Waals surface area contributed by atoms with Gasteiger partial charge in [-0.3, -0.25) is 0 Å². The fraction of sp³-hybridized carbons (Fsp3) is 0.222. The normalized spacial score (nSPS) is 10.1. The molecule has 1 atom stereocenters. The zero-order valence-electron chi connectivity index (χ0n) is 19.5. The molecule has 3 rings (SSSR count). The summed E-state index contributed by atoms with van der Waals surface area (Å²) in [5, 5.41) is 4.60. The Morgan fingerprint density at radius 2 is 0.824 bits per heavy atom. The number of benzene rings is 3. The van der Waals surface area contributed by atoms with Crippen LogP contribution in [0, 0.1) is 20.0 Å². The van der Waals surface area contributed by atoms with E-state index in [1.54, 1.807) is 5.30 Å². The van der Waals surface area contributed by atoms with Gasteiger partial charge in [0.15, 0.2) is 0 Å². The molecule has 0 aliphatic carbocycles. The molecule has 0 N–H and O–H groups in total. The molecule has 0 radical (unpaired) electrons. The van der Waals surface area contributed by atoms with Crippen LogP contribution in [0.4, 0.5) is 0 Å². The van der Waals surface area contributed by atoms with Crippen molar-refractivity contribution in [3.63, 3.8) is 0 Å².